The monoisotopic (exact) mass is 319 g/mol. The van der Waals surface area contributed by atoms with Crippen molar-refractivity contribution in [1.82, 2.24) is 5.32 Å². The number of aliphatic hydroxyl groups excluding tert-OH is 1. The maximum Gasteiger partial charge on any atom is 0.118 e. The molecule has 3 nitrogen and oxygen atoms in total. The number of nitrogens with one attached hydrogen (secondary N) is 1. The Morgan fingerprint density at radius 1 is 1.09 bits per heavy atom. The molecule has 0 radical (unpaired) electrons. The second-order valence-corrected chi connectivity index (χ2v) is 5.58. The molecule has 0 aliphatic carbocycles. The normalized spacial score (nSPS) is 12.1. The van der Waals surface area contributed by atoms with Gasteiger partial charge in [-0.15, -0.1) is 0 Å². The smallest absolute Gasteiger partial charge is 0.118 e. The summed E-state index contributed by atoms with van der Waals surface area (Å²) >= 11 is 6.07. The molecule has 2 N–H and O–H groups in total. The van der Waals surface area contributed by atoms with E-state index >= 15 is 0 Å². The molecule has 0 aliphatic rings. The Labute approximate surface area is 136 Å². The highest BCUT2D eigenvalue weighted by molar-refractivity contribution is 6.31. The minimum Gasteiger partial charge on any atom is -0.497 e. The summed E-state index contributed by atoms with van der Waals surface area (Å²) in [6.45, 7) is 1.63. The largest absolute Gasteiger partial charge is 0.497 e. The van der Waals surface area contributed by atoms with Crippen molar-refractivity contribution in [3.05, 3.63) is 64.7 Å². The Hall–Kier alpha value is -1.55. The summed E-state index contributed by atoms with van der Waals surface area (Å²) in [6, 6.07) is 15.5. The van der Waals surface area contributed by atoms with E-state index in [-0.39, 0.29) is 0 Å². The fourth-order valence-electron chi connectivity index (χ4n) is 2.29. The first-order valence-electron chi connectivity index (χ1n) is 7.47. The highest BCUT2D eigenvalue weighted by Gasteiger charge is 2.10. The zero-order chi connectivity index (χ0) is 15.8. The van der Waals surface area contributed by atoms with Gasteiger partial charge < -0.3 is 15.2 Å². The van der Waals surface area contributed by atoms with Crippen molar-refractivity contribution in [3.8, 4) is 5.75 Å². The molecule has 0 spiro atoms. The number of hydrogen-bond donors (Lipinski definition) is 2. The van der Waals surface area contributed by atoms with E-state index < -0.39 is 6.10 Å². The zero-order valence-electron chi connectivity index (χ0n) is 12.8. The average molecular weight is 320 g/mol. The van der Waals surface area contributed by atoms with Gasteiger partial charge >= 0.3 is 0 Å². The lowest BCUT2D eigenvalue weighted by atomic mass is 10.1. The number of methoxy groups -OCH3 is 1. The van der Waals surface area contributed by atoms with E-state index in [1.54, 1.807) is 13.2 Å². The van der Waals surface area contributed by atoms with Gasteiger partial charge in [0.15, 0.2) is 0 Å². The van der Waals surface area contributed by atoms with E-state index in [1.807, 2.05) is 30.3 Å². The van der Waals surface area contributed by atoms with Crippen LogP contribution in [0.4, 0.5) is 0 Å². The zero-order valence-corrected chi connectivity index (χ0v) is 13.5. The average Bonchev–Trinajstić information content (AvgIpc) is 2.55. The van der Waals surface area contributed by atoms with Crippen molar-refractivity contribution in [2.75, 3.05) is 20.2 Å². The van der Waals surface area contributed by atoms with Crippen LogP contribution in [0.15, 0.2) is 48.5 Å². The highest BCUT2D eigenvalue weighted by atomic mass is 35.5. The summed E-state index contributed by atoms with van der Waals surface area (Å²) in [5, 5.41) is 14.1. The summed E-state index contributed by atoms with van der Waals surface area (Å²) in [6.07, 6.45) is 1.07. The molecule has 2 aromatic rings. The lowest BCUT2D eigenvalue weighted by molar-refractivity contribution is 0.167. The molecule has 1 unspecified atom stereocenters. The number of aliphatic hydroxyl groups is 1. The van der Waals surface area contributed by atoms with Gasteiger partial charge in [0.2, 0.25) is 0 Å². The fraction of sp³-hybridized carbons (Fsp3) is 0.333. The van der Waals surface area contributed by atoms with Crippen LogP contribution in [0, 0.1) is 0 Å². The van der Waals surface area contributed by atoms with Gasteiger partial charge in [0, 0.05) is 5.02 Å². The second-order valence-electron chi connectivity index (χ2n) is 5.17. The number of halogens is 1. The molecule has 1 atom stereocenters. The second kappa shape index (κ2) is 8.79. The van der Waals surface area contributed by atoms with Gasteiger partial charge in [-0.05, 0) is 55.3 Å². The summed E-state index contributed by atoms with van der Waals surface area (Å²) in [7, 11) is 1.67. The van der Waals surface area contributed by atoms with Crippen molar-refractivity contribution in [2.45, 2.75) is 18.9 Å². The first-order valence-corrected chi connectivity index (χ1v) is 7.84. The molecule has 0 heterocycles. The van der Waals surface area contributed by atoms with Crippen LogP contribution in [-0.4, -0.2) is 25.3 Å². The van der Waals surface area contributed by atoms with Crippen LogP contribution in [0.5, 0.6) is 5.75 Å². The maximum absolute atomic E-state index is 10.1. The van der Waals surface area contributed by atoms with E-state index in [1.165, 1.54) is 5.56 Å². The van der Waals surface area contributed by atoms with Crippen molar-refractivity contribution in [1.29, 1.82) is 0 Å². The first kappa shape index (κ1) is 16.8. The Morgan fingerprint density at radius 2 is 1.82 bits per heavy atom. The molecule has 0 aliphatic heterocycles. The SMILES string of the molecule is COc1ccc(CCNCCC(O)c2ccccc2Cl)cc1. The number of benzene rings is 2. The maximum atomic E-state index is 10.1. The third-order valence-corrected chi connectivity index (χ3v) is 3.95. The van der Waals surface area contributed by atoms with Crippen LogP contribution < -0.4 is 10.1 Å². The van der Waals surface area contributed by atoms with Gasteiger partial charge in [0.05, 0.1) is 13.2 Å². The molecule has 0 amide bonds. The summed E-state index contributed by atoms with van der Waals surface area (Å²) in [5.41, 5.74) is 2.06. The molecule has 0 saturated heterocycles. The van der Waals surface area contributed by atoms with Crippen LogP contribution >= 0.6 is 11.6 Å². The Kier molecular flexibility index (Phi) is 6.72. The molecule has 0 bridgehead atoms. The van der Waals surface area contributed by atoms with Crippen molar-refractivity contribution in [2.24, 2.45) is 0 Å². The number of hydrogen-bond acceptors (Lipinski definition) is 3. The lowest BCUT2D eigenvalue weighted by Gasteiger charge is -2.13. The van der Waals surface area contributed by atoms with Crippen LogP contribution in [0.1, 0.15) is 23.7 Å². The first-order chi connectivity index (χ1) is 10.7. The van der Waals surface area contributed by atoms with Gasteiger partial charge in [0.1, 0.15) is 5.75 Å². The Balaban J connectivity index is 1.67. The molecule has 0 saturated carbocycles. The topological polar surface area (TPSA) is 41.5 Å². The predicted octanol–water partition coefficient (Wildman–Crippen LogP) is 3.60. The third kappa shape index (κ3) is 5.02. The van der Waals surface area contributed by atoms with E-state index in [9.17, 15) is 5.11 Å². The molecule has 22 heavy (non-hydrogen) atoms. The minimum absolute atomic E-state index is 0.526. The van der Waals surface area contributed by atoms with Crippen LogP contribution in [0.25, 0.3) is 0 Å². The molecule has 0 fully saturated rings. The van der Waals surface area contributed by atoms with E-state index in [2.05, 4.69) is 17.4 Å². The van der Waals surface area contributed by atoms with Gasteiger partial charge in [-0.25, -0.2) is 0 Å². The van der Waals surface area contributed by atoms with E-state index in [4.69, 9.17) is 16.3 Å². The summed E-state index contributed by atoms with van der Waals surface area (Å²) < 4.78 is 5.14. The Morgan fingerprint density at radius 3 is 2.50 bits per heavy atom. The van der Waals surface area contributed by atoms with Gasteiger partial charge in [-0.2, -0.15) is 0 Å². The third-order valence-electron chi connectivity index (χ3n) is 3.61. The Bertz CT molecular complexity index is 572. The molecule has 0 aromatic heterocycles. The fourth-order valence-corrected chi connectivity index (χ4v) is 2.55. The van der Waals surface area contributed by atoms with Crippen molar-refractivity contribution in [3.63, 3.8) is 0 Å². The quantitative estimate of drug-likeness (QED) is 0.730. The van der Waals surface area contributed by atoms with Crippen LogP contribution in [0.2, 0.25) is 5.02 Å². The summed E-state index contributed by atoms with van der Waals surface area (Å²) in [4.78, 5) is 0. The van der Waals surface area contributed by atoms with Crippen LogP contribution in [0.3, 0.4) is 0 Å². The molecule has 2 rings (SSSR count). The van der Waals surface area contributed by atoms with E-state index in [0.717, 1.165) is 30.8 Å². The van der Waals surface area contributed by atoms with Gasteiger partial charge in [0.25, 0.3) is 0 Å². The number of ether oxygens (including phenoxy) is 1. The predicted molar refractivity (Wildman–Crippen MR) is 90.6 cm³/mol. The van der Waals surface area contributed by atoms with Crippen molar-refractivity contribution < 1.29 is 9.84 Å². The lowest BCUT2D eigenvalue weighted by Crippen LogP contribution is -2.20. The van der Waals surface area contributed by atoms with E-state index in [0.29, 0.717) is 11.4 Å². The molecule has 4 heteroatoms. The summed E-state index contributed by atoms with van der Waals surface area (Å²) in [5.74, 6) is 0.875. The molecular weight excluding hydrogens is 298 g/mol. The number of rotatable bonds is 8. The molecule has 2 aromatic carbocycles. The van der Waals surface area contributed by atoms with Gasteiger partial charge in [-0.1, -0.05) is 41.9 Å². The standard InChI is InChI=1S/C18H22ClNO2/c1-22-15-8-6-14(7-9-15)10-12-20-13-11-18(21)16-4-2-3-5-17(16)19/h2-9,18,20-21H,10-13H2,1H3. The molecular formula is C18H22ClNO2. The molecule has 118 valence electrons. The highest BCUT2D eigenvalue weighted by Crippen LogP contribution is 2.24. The van der Waals surface area contributed by atoms with Crippen molar-refractivity contribution >= 4 is 11.6 Å². The van der Waals surface area contributed by atoms with Crippen LogP contribution in [-0.2, 0) is 6.42 Å². The van der Waals surface area contributed by atoms with Gasteiger partial charge in [-0.3, -0.25) is 0 Å². The minimum atomic E-state index is -0.526.